The average Bonchev–Trinajstić information content (AvgIpc) is 2.76. The number of nitro groups is 1. The van der Waals surface area contributed by atoms with E-state index in [-0.39, 0.29) is 34.7 Å². The topological polar surface area (TPSA) is 97.1 Å². The second-order valence-electron chi connectivity index (χ2n) is 12.7. The van der Waals surface area contributed by atoms with Crippen LogP contribution >= 0.6 is 0 Å². The van der Waals surface area contributed by atoms with E-state index < -0.39 is 27.7 Å². The van der Waals surface area contributed by atoms with Crippen LogP contribution in [0.2, 0.25) is 36.3 Å². The van der Waals surface area contributed by atoms with Crippen molar-refractivity contribution in [2.75, 3.05) is 0 Å². The highest BCUT2D eigenvalue weighted by Gasteiger charge is 2.38. The normalized spacial score (nSPS) is 12.8. The summed E-state index contributed by atoms with van der Waals surface area (Å²) in [5.74, 6) is 0.505. The smallest absolute Gasteiger partial charge is 0.412 e. The van der Waals surface area contributed by atoms with Crippen molar-refractivity contribution >= 4 is 28.5 Å². The van der Waals surface area contributed by atoms with Gasteiger partial charge in [0.2, 0.25) is 0 Å². The summed E-state index contributed by atoms with van der Waals surface area (Å²) in [6, 6.07) is 9.17. The van der Waals surface area contributed by atoms with Gasteiger partial charge >= 0.3 is 6.16 Å². The first kappa shape index (κ1) is 31.7. The second-order valence-corrected chi connectivity index (χ2v) is 22.3. The number of non-ortho nitro benzene ring substituents is 1. The molecule has 0 fully saturated rings. The molecule has 8 nitrogen and oxygen atoms in total. The van der Waals surface area contributed by atoms with Gasteiger partial charge in [-0.05, 0) is 55.3 Å². The predicted molar refractivity (Wildman–Crippen MR) is 155 cm³/mol. The number of carbonyl (C=O) groups excluding carboxylic acids is 1. The lowest BCUT2D eigenvalue weighted by molar-refractivity contribution is -0.384. The van der Waals surface area contributed by atoms with Gasteiger partial charge in [-0.3, -0.25) is 10.1 Å². The molecule has 0 aliphatic carbocycles. The van der Waals surface area contributed by atoms with E-state index in [1.807, 2.05) is 19.1 Å². The molecule has 0 bridgehead atoms. The maximum atomic E-state index is 12.9. The third-order valence-corrected chi connectivity index (χ3v) is 16.6. The number of benzene rings is 2. The highest BCUT2D eigenvalue weighted by molar-refractivity contribution is 6.74. The second kappa shape index (κ2) is 11.7. The molecule has 2 aromatic carbocycles. The number of nitro benzene ring substituents is 1. The van der Waals surface area contributed by atoms with Gasteiger partial charge in [-0.1, -0.05) is 59.2 Å². The molecule has 0 radical (unpaired) electrons. The molecule has 210 valence electrons. The van der Waals surface area contributed by atoms with Crippen molar-refractivity contribution in [3.05, 3.63) is 63.2 Å². The van der Waals surface area contributed by atoms with Crippen LogP contribution in [-0.2, 0) is 22.1 Å². The van der Waals surface area contributed by atoms with Crippen molar-refractivity contribution in [1.82, 2.24) is 0 Å². The minimum atomic E-state index is -2.09. The van der Waals surface area contributed by atoms with Crippen molar-refractivity contribution in [3.8, 4) is 11.5 Å². The highest BCUT2D eigenvalue weighted by atomic mass is 28.4. The van der Waals surface area contributed by atoms with Gasteiger partial charge in [-0.25, -0.2) is 4.79 Å². The Morgan fingerprint density at radius 2 is 1.24 bits per heavy atom. The number of rotatable bonds is 9. The van der Waals surface area contributed by atoms with Crippen molar-refractivity contribution in [2.24, 2.45) is 0 Å². The summed E-state index contributed by atoms with van der Waals surface area (Å²) in [5.41, 5.74) is 2.39. The number of aryl methyl sites for hydroxylation is 1. The number of nitrogens with zero attached hydrogens (tertiary/aromatic N) is 1. The molecular formula is C28H43NO7Si2. The molecule has 0 unspecified atom stereocenters. The molecular weight excluding hydrogens is 518 g/mol. The van der Waals surface area contributed by atoms with Gasteiger partial charge in [0, 0.05) is 23.3 Å². The molecule has 0 heterocycles. The molecule has 0 aliphatic rings. The molecule has 0 aromatic heterocycles. The third kappa shape index (κ3) is 8.23. The monoisotopic (exact) mass is 561 g/mol. The molecule has 0 atom stereocenters. The van der Waals surface area contributed by atoms with Crippen LogP contribution in [0.1, 0.15) is 58.2 Å². The van der Waals surface area contributed by atoms with Crippen molar-refractivity contribution in [2.45, 2.75) is 97.9 Å². The van der Waals surface area contributed by atoms with E-state index in [1.54, 1.807) is 0 Å². The van der Waals surface area contributed by atoms with Crippen molar-refractivity contribution in [3.63, 3.8) is 0 Å². The quantitative estimate of drug-likeness (QED) is 0.0994. The summed E-state index contributed by atoms with van der Waals surface area (Å²) in [7, 11) is -4.17. The van der Waals surface area contributed by atoms with Crippen LogP contribution in [0.15, 0.2) is 36.4 Å². The van der Waals surface area contributed by atoms with Gasteiger partial charge in [-0.15, -0.1) is 0 Å². The molecule has 10 heteroatoms. The molecule has 0 N–H and O–H groups in total. The third-order valence-electron chi connectivity index (χ3n) is 7.61. The molecule has 0 saturated heterocycles. The number of ether oxygens (including phenoxy) is 2. The molecule has 0 aliphatic heterocycles. The Kier molecular flexibility index (Phi) is 9.74. The predicted octanol–water partition coefficient (Wildman–Crippen LogP) is 8.52. The Bertz CT molecular complexity index is 1100. The Hall–Kier alpha value is -2.54. The van der Waals surface area contributed by atoms with E-state index in [0.29, 0.717) is 5.75 Å². The summed E-state index contributed by atoms with van der Waals surface area (Å²) in [5, 5.41) is 11.0. The lowest BCUT2D eigenvalue weighted by atomic mass is 10.1. The molecule has 0 amide bonds. The zero-order chi connectivity index (χ0) is 29.1. The van der Waals surface area contributed by atoms with Gasteiger partial charge in [0.25, 0.3) is 5.69 Å². The van der Waals surface area contributed by atoms with Crippen LogP contribution in [0.4, 0.5) is 10.5 Å². The van der Waals surface area contributed by atoms with Gasteiger partial charge in [0.15, 0.2) is 16.6 Å². The van der Waals surface area contributed by atoms with Crippen LogP contribution < -0.4 is 9.47 Å². The summed E-state index contributed by atoms with van der Waals surface area (Å²) < 4.78 is 24.1. The average molecular weight is 562 g/mol. The van der Waals surface area contributed by atoms with Crippen LogP contribution in [0.25, 0.3) is 0 Å². The minimum Gasteiger partial charge on any atom is -0.412 e. The Labute approximate surface area is 229 Å². The van der Waals surface area contributed by atoms with Crippen molar-refractivity contribution in [1.29, 1.82) is 0 Å². The molecule has 0 saturated carbocycles. The fourth-order valence-electron chi connectivity index (χ4n) is 3.06. The maximum Gasteiger partial charge on any atom is 0.519 e. The first-order chi connectivity index (χ1) is 17.2. The van der Waals surface area contributed by atoms with Crippen LogP contribution in [0.3, 0.4) is 0 Å². The SMILES string of the molecule is Cc1cc(CO[Si](C)(C)C(C)(C)C)c(OC(=O)Oc2ccc([N+](=O)[O-])cc2)c(CO[Si](C)(C)C(C)(C)C)c1. The van der Waals surface area contributed by atoms with Crippen LogP contribution in [-0.4, -0.2) is 27.7 Å². The van der Waals surface area contributed by atoms with Gasteiger partial charge < -0.3 is 18.3 Å². The van der Waals surface area contributed by atoms with E-state index >= 15 is 0 Å². The van der Waals surface area contributed by atoms with Gasteiger partial charge in [0.05, 0.1) is 18.1 Å². The Morgan fingerprint density at radius 3 is 1.61 bits per heavy atom. The Morgan fingerprint density at radius 1 is 0.816 bits per heavy atom. The number of carbonyl (C=O) groups is 1. The molecule has 2 aromatic rings. The summed E-state index contributed by atoms with van der Waals surface area (Å²) >= 11 is 0. The summed E-state index contributed by atoms with van der Waals surface area (Å²) in [6.07, 6.45) is -0.940. The van der Waals surface area contributed by atoms with E-state index in [0.717, 1.165) is 16.7 Å². The first-order valence-electron chi connectivity index (χ1n) is 12.8. The van der Waals surface area contributed by atoms with E-state index in [9.17, 15) is 14.9 Å². The molecule has 2 rings (SSSR count). The fourth-order valence-corrected chi connectivity index (χ4v) is 4.96. The fraction of sp³-hybridized carbons (Fsp3) is 0.536. The minimum absolute atomic E-state index is 0.0149. The standard InChI is InChI=1S/C28H43NO7Si2/c1-20-16-21(18-33-37(8,9)27(2,3)4)25(22(17-20)19-34-38(10,11)28(5,6)7)36-26(30)35-24-14-12-23(13-15-24)29(31)32/h12-17H,18-19H2,1-11H3. The van der Waals surface area contributed by atoms with Gasteiger partial charge in [-0.2, -0.15) is 0 Å². The number of hydrogen-bond donors (Lipinski definition) is 0. The molecule has 0 spiro atoms. The molecule has 38 heavy (non-hydrogen) atoms. The maximum absolute atomic E-state index is 12.9. The lowest BCUT2D eigenvalue weighted by Crippen LogP contribution is -2.40. The number of hydrogen-bond acceptors (Lipinski definition) is 7. The van der Waals surface area contributed by atoms with Crippen molar-refractivity contribution < 1.29 is 28.0 Å². The van der Waals surface area contributed by atoms with Crippen LogP contribution in [0.5, 0.6) is 11.5 Å². The van der Waals surface area contributed by atoms with E-state index in [2.05, 4.69) is 67.7 Å². The zero-order valence-corrected chi connectivity index (χ0v) is 26.7. The zero-order valence-electron chi connectivity index (χ0n) is 24.7. The van der Waals surface area contributed by atoms with E-state index in [4.69, 9.17) is 18.3 Å². The van der Waals surface area contributed by atoms with E-state index in [1.165, 1.54) is 24.3 Å². The first-order valence-corrected chi connectivity index (χ1v) is 18.6. The largest absolute Gasteiger partial charge is 0.519 e. The van der Waals surface area contributed by atoms with Gasteiger partial charge in [0.1, 0.15) is 11.5 Å². The summed E-state index contributed by atoms with van der Waals surface area (Å²) in [6.45, 7) is 24.3. The lowest BCUT2D eigenvalue weighted by Gasteiger charge is -2.37. The summed E-state index contributed by atoms with van der Waals surface area (Å²) in [4.78, 5) is 23.3. The Balaban J connectivity index is 2.40. The highest BCUT2D eigenvalue weighted by Crippen LogP contribution is 2.40. The van der Waals surface area contributed by atoms with Crippen LogP contribution in [0, 0.1) is 17.0 Å².